The molecule has 0 aromatic carbocycles. The van der Waals surface area contributed by atoms with E-state index >= 15 is 0 Å². The average Bonchev–Trinajstić information content (AvgIpc) is 2.17. The van der Waals surface area contributed by atoms with Gasteiger partial charge in [0.1, 0.15) is 0 Å². The third-order valence-electron chi connectivity index (χ3n) is 2.20. The van der Waals surface area contributed by atoms with Crippen LogP contribution in [0, 0.1) is 0 Å². The standard InChI is InChI=1S/C6H16OSi.C3H8O.2H2O.Ti/c1-4-8(7,5-2)6-3;1-2-3-4;;;/h7H,4-6H2,1-3H3;4H,2-3H2,1H3;2*1H2;. The Labute approximate surface area is 110 Å². The molecule has 0 amide bonds. The third kappa shape index (κ3) is 20.8. The van der Waals surface area contributed by atoms with Crippen LogP contribution in [0.3, 0.4) is 0 Å². The first-order valence-electron chi connectivity index (χ1n) is 4.93. The molecule has 6 N–H and O–H groups in total. The van der Waals surface area contributed by atoms with Crippen molar-refractivity contribution in [3.63, 3.8) is 0 Å². The molecule has 0 unspecified atom stereocenters. The van der Waals surface area contributed by atoms with Crippen LogP contribution in [0.2, 0.25) is 18.1 Å². The largest absolute Gasteiger partial charge is 0.432 e. The molecule has 0 aromatic heterocycles. The van der Waals surface area contributed by atoms with E-state index in [0.29, 0.717) is 6.61 Å². The van der Waals surface area contributed by atoms with Crippen molar-refractivity contribution in [3.05, 3.63) is 0 Å². The first-order valence-corrected chi connectivity index (χ1v) is 7.50. The van der Waals surface area contributed by atoms with Gasteiger partial charge in [0.15, 0.2) is 8.32 Å². The van der Waals surface area contributed by atoms with Gasteiger partial charge in [-0.2, -0.15) is 0 Å². The van der Waals surface area contributed by atoms with E-state index in [9.17, 15) is 4.80 Å². The SMILES string of the molecule is CCCO.CC[Si](O)(CC)CC.O.O.[Ti]. The average molecular weight is 276 g/mol. The van der Waals surface area contributed by atoms with Crippen LogP contribution in [0.4, 0.5) is 0 Å². The quantitative estimate of drug-likeness (QED) is 0.739. The molecule has 6 heteroatoms. The molecule has 0 aliphatic carbocycles. The zero-order chi connectivity index (χ0) is 10.0. The molecular formula is C9H28O4SiTi. The predicted octanol–water partition coefficient (Wildman–Crippen LogP) is 0.721. The molecule has 96 valence electrons. The summed E-state index contributed by atoms with van der Waals surface area (Å²) in [5.74, 6) is 0. The van der Waals surface area contributed by atoms with Gasteiger partial charge in [0.25, 0.3) is 0 Å². The minimum atomic E-state index is -1.67. The van der Waals surface area contributed by atoms with E-state index in [1.54, 1.807) is 0 Å². The molecule has 15 heavy (non-hydrogen) atoms. The number of aliphatic hydroxyl groups is 1. The molecule has 4 nitrogen and oxygen atoms in total. The number of aliphatic hydroxyl groups excluding tert-OH is 1. The molecule has 0 aliphatic heterocycles. The Morgan fingerprint density at radius 3 is 1.07 bits per heavy atom. The Kier molecular flexibility index (Phi) is 40.0. The van der Waals surface area contributed by atoms with Gasteiger partial charge in [0.2, 0.25) is 0 Å². The zero-order valence-electron chi connectivity index (χ0n) is 10.4. The van der Waals surface area contributed by atoms with Crippen LogP contribution < -0.4 is 0 Å². The smallest absolute Gasteiger partial charge is 0.187 e. The first-order chi connectivity index (χ1) is 5.60. The van der Waals surface area contributed by atoms with Gasteiger partial charge in [-0.05, 0) is 24.6 Å². The van der Waals surface area contributed by atoms with Crippen LogP contribution in [0.25, 0.3) is 0 Å². The first kappa shape index (κ1) is 29.7. The van der Waals surface area contributed by atoms with Crippen molar-refractivity contribution < 1.29 is 42.6 Å². The van der Waals surface area contributed by atoms with Gasteiger partial charge in [0.05, 0.1) is 0 Å². The maximum atomic E-state index is 9.58. The second-order valence-electron chi connectivity index (χ2n) is 3.01. The zero-order valence-corrected chi connectivity index (χ0v) is 13.0. The molecule has 0 atom stereocenters. The van der Waals surface area contributed by atoms with Crippen LogP contribution in [0.5, 0.6) is 0 Å². The molecule has 0 bridgehead atoms. The minimum Gasteiger partial charge on any atom is -0.432 e. The number of hydrogen-bond acceptors (Lipinski definition) is 2. The summed E-state index contributed by atoms with van der Waals surface area (Å²) < 4.78 is 0. The van der Waals surface area contributed by atoms with E-state index < -0.39 is 8.32 Å². The van der Waals surface area contributed by atoms with Crippen molar-refractivity contribution in [3.8, 4) is 0 Å². The summed E-state index contributed by atoms with van der Waals surface area (Å²) in [5.41, 5.74) is 0. The van der Waals surface area contributed by atoms with Crippen LogP contribution in [-0.4, -0.2) is 35.8 Å². The molecule has 0 saturated carbocycles. The molecule has 0 aliphatic rings. The van der Waals surface area contributed by atoms with E-state index in [4.69, 9.17) is 5.11 Å². The molecule has 0 fully saturated rings. The maximum Gasteiger partial charge on any atom is 0.187 e. The molecule has 0 aromatic rings. The second-order valence-corrected chi connectivity index (χ2v) is 7.58. The maximum absolute atomic E-state index is 9.58. The molecule has 0 rings (SSSR count). The van der Waals surface area contributed by atoms with E-state index in [0.717, 1.165) is 24.6 Å². The van der Waals surface area contributed by atoms with Crippen molar-refractivity contribution in [1.29, 1.82) is 0 Å². The van der Waals surface area contributed by atoms with Gasteiger partial charge in [-0.25, -0.2) is 0 Å². The fourth-order valence-electron chi connectivity index (χ4n) is 0.750. The van der Waals surface area contributed by atoms with E-state index in [1.807, 2.05) is 6.92 Å². The number of hydrogen-bond donors (Lipinski definition) is 2. The van der Waals surface area contributed by atoms with Crippen molar-refractivity contribution in [2.75, 3.05) is 6.61 Å². The van der Waals surface area contributed by atoms with Crippen LogP contribution in [0.1, 0.15) is 34.1 Å². The molecule has 0 heterocycles. The monoisotopic (exact) mass is 276 g/mol. The summed E-state index contributed by atoms with van der Waals surface area (Å²) in [6.07, 6.45) is 0.875. The third-order valence-corrected chi connectivity index (χ3v) is 6.15. The number of rotatable bonds is 4. The van der Waals surface area contributed by atoms with Crippen LogP contribution in [0.15, 0.2) is 0 Å². The summed E-state index contributed by atoms with van der Waals surface area (Å²) in [5, 5.41) is 7.88. The Bertz CT molecular complexity index is 81.9. The summed E-state index contributed by atoms with van der Waals surface area (Å²) in [6, 6.07) is 3.04. The minimum absolute atomic E-state index is 0. The Balaban J connectivity index is -0.0000000424. The van der Waals surface area contributed by atoms with Crippen molar-refractivity contribution in [1.82, 2.24) is 0 Å². The Morgan fingerprint density at radius 2 is 1.07 bits per heavy atom. The van der Waals surface area contributed by atoms with E-state index in [1.165, 1.54) is 0 Å². The topological polar surface area (TPSA) is 103 Å². The van der Waals surface area contributed by atoms with Gasteiger partial charge in [-0.3, -0.25) is 0 Å². The van der Waals surface area contributed by atoms with E-state index in [-0.39, 0.29) is 32.7 Å². The van der Waals surface area contributed by atoms with Crippen molar-refractivity contribution in [2.45, 2.75) is 52.2 Å². The predicted molar refractivity (Wildman–Crippen MR) is 64.0 cm³/mol. The van der Waals surface area contributed by atoms with Gasteiger partial charge in [0, 0.05) is 28.3 Å². The molecule has 0 spiro atoms. The summed E-state index contributed by atoms with van der Waals surface area (Å²) in [4.78, 5) is 9.58. The van der Waals surface area contributed by atoms with Crippen LogP contribution >= 0.6 is 0 Å². The van der Waals surface area contributed by atoms with Crippen molar-refractivity contribution >= 4 is 8.32 Å². The van der Waals surface area contributed by atoms with Crippen molar-refractivity contribution in [2.24, 2.45) is 0 Å². The molecule has 0 radical (unpaired) electrons. The molecular weight excluding hydrogens is 248 g/mol. The van der Waals surface area contributed by atoms with Gasteiger partial charge in [-0.1, -0.05) is 27.7 Å². The molecule has 0 saturated heterocycles. The van der Waals surface area contributed by atoms with E-state index in [2.05, 4.69) is 20.8 Å². The Hall–Kier alpha value is 0.771. The second kappa shape index (κ2) is 20.2. The summed E-state index contributed by atoms with van der Waals surface area (Å²) in [6.45, 7) is 8.50. The van der Waals surface area contributed by atoms with Gasteiger partial charge < -0.3 is 20.9 Å². The van der Waals surface area contributed by atoms with Crippen LogP contribution in [-0.2, 0) is 21.7 Å². The normalized spacial score (nSPS) is 8.40. The fraction of sp³-hybridized carbons (Fsp3) is 1.00. The van der Waals surface area contributed by atoms with Gasteiger partial charge >= 0.3 is 0 Å². The van der Waals surface area contributed by atoms with Gasteiger partial charge in [-0.15, -0.1) is 0 Å². The fourth-order valence-corrected chi connectivity index (χ4v) is 2.25. The summed E-state index contributed by atoms with van der Waals surface area (Å²) >= 11 is 0. The Morgan fingerprint density at radius 1 is 0.867 bits per heavy atom. The summed E-state index contributed by atoms with van der Waals surface area (Å²) in [7, 11) is -1.67.